The first-order chi connectivity index (χ1) is 8.04. The van der Waals surface area contributed by atoms with Crippen molar-refractivity contribution in [1.29, 1.82) is 0 Å². The van der Waals surface area contributed by atoms with Crippen LogP contribution in [0.5, 0.6) is 0 Å². The van der Waals surface area contributed by atoms with E-state index in [1.54, 1.807) is 14.0 Å². The van der Waals surface area contributed by atoms with Crippen molar-refractivity contribution in [2.45, 2.75) is 13.5 Å². The zero-order chi connectivity index (χ0) is 12.6. The minimum atomic E-state index is -0.476. The molecule has 2 aromatic rings. The van der Waals surface area contributed by atoms with E-state index < -0.39 is 11.6 Å². The maximum Gasteiger partial charge on any atom is 0.132 e. The molecule has 0 saturated carbocycles. The van der Waals surface area contributed by atoms with E-state index in [2.05, 4.69) is 5.10 Å². The van der Waals surface area contributed by atoms with Crippen LogP contribution in [0.1, 0.15) is 11.3 Å². The van der Waals surface area contributed by atoms with Crippen molar-refractivity contribution in [2.24, 2.45) is 12.8 Å². The second-order valence-corrected chi connectivity index (χ2v) is 3.87. The zero-order valence-electron chi connectivity index (χ0n) is 9.67. The van der Waals surface area contributed by atoms with Gasteiger partial charge < -0.3 is 5.73 Å². The molecule has 0 unspecified atom stereocenters. The van der Waals surface area contributed by atoms with Gasteiger partial charge in [0, 0.05) is 19.2 Å². The fourth-order valence-electron chi connectivity index (χ4n) is 1.93. The molecule has 0 bridgehead atoms. The molecule has 17 heavy (non-hydrogen) atoms. The highest BCUT2D eigenvalue weighted by Crippen LogP contribution is 2.28. The number of aryl methyl sites for hydroxylation is 1. The number of halogens is 2. The molecule has 0 amide bonds. The van der Waals surface area contributed by atoms with E-state index in [-0.39, 0.29) is 12.1 Å². The minimum Gasteiger partial charge on any atom is -0.325 e. The molecule has 0 aliphatic heterocycles. The average molecular weight is 237 g/mol. The van der Waals surface area contributed by atoms with Crippen LogP contribution in [0.3, 0.4) is 0 Å². The molecule has 0 spiro atoms. The number of aromatic nitrogens is 2. The van der Waals surface area contributed by atoms with E-state index in [1.807, 2.05) is 0 Å². The third kappa shape index (κ3) is 1.93. The predicted octanol–water partition coefficient (Wildman–Crippen LogP) is 2.13. The van der Waals surface area contributed by atoms with E-state index in [4.69, 9.17) is 5.73 Å². The molecular formula is C12H13F2N3. The van der Waals surface area contributed by atoms with Crippen molar-refractivity contribution in [3.05, 3.63) is 41.1 Å². The Labute approximate surface area is 97.9 Å². The molecule has 0 fully saturated rings. The van der Waals surface area contributed by atoms with Gasteiger partial charge in [-0.1, -0.05) is 0 Å². The van der Waals surface area contributed by atoms with Crippen molar-refractivity contribution < 1.29 is 8.78 Å². The van der Waals surface area contributed by atoms with E-state index >= 15 is 0 Å². The molecule has 2 N–H and O–H groups in total. The van der Waals surface area contributed by atoms with Gasteiger partial charge in [-0.25, -0.2) is 8.78 Å². The van der Waals surface area contributed by atoms with E-state index in [9.17, 15) is 8.78 Å². The summed E-state index contributed by atoms with van der Waals surface area (Å²) in [5, 5.41) is 4.18. The maximum absolute atomic E-state index is 13.7. The van der Waals surface area contributed by atoms with Crippen molar-refractivity contribution in [3.63, 3.8) is 0 Å². The third-order valence-electron chi connectivity index (χ3n) is 2.76. The highest BCUT2D eigenvalue weighted by molar-refractivity contribution is 5.65. The smallest absolute Gasteiger partial charge is 0.132 e. The first kappa shape index (κ1) is 11.7. The predicted molar refractivity (Wildman–Crippen MR) is 61.2 cm³/mol. The molecule has 1 heterocycles. The van der Waals surface area contributed by atoms with Crippen LogP contribution in [-0.4, -0.2) is 9.78 Å². The topological polar surface area (TPSA) is 43.8 Å². The summed E-state index contributed by atoms with van der Waals surface area (Å²) in [6.07, 6.45) is 0. The molecule has 0 radical (unpaired) electrons. The molecule has 1 aromatic heterocycles. The molecule has 0 aliphatic carbocycles. The number of hydrogen-bond donors (Lipinski definition) is 1. The van der Waals surface area contributed by atoms with Crippen LogP contribution < -0.4 is 5.73 Å². The van der Waals surface area contributed by atoms with Gasteiger partial charge in [0.2, 0.25) is 0 Å². The standard InChI is InChI=1S/C12H13F2N3/c1-7-11(6-15)16-17(2)12(7)9-5-8(13)3-4-10(9)14/h3-5H,6,15H2,1-2H3. The lowest BCUT2D eigenvalue weighted by molar-refractivity contribution is 0.600. The Kier molecular flexibility index (Phi) is 2.93. The summed E-state index contributed by atoms with van der Waals surface area (Å²) >= 11 is 0. The Balaban J connectivity index is 2.68. The summed E-state index contributed by atoms with van der Waals surface area (Å²) in [5.74, 6) is -0.947. The van der Waals surface area contributed by atoms with Gasteiger partial charge in [-0.2, -0.15) is 5.10 Å². The summed E-state index contributed by atoms with van der Waals surface area (Å²) in [4.78, 5) is 0. The quantitative estimate of drug-likeness (QED) is 0.869. The Hall–Kier alpha value is -1.75. The summed E-state index contributed by atoms with van der Waals surface area (Å²) < 4.78 is 28.4. The third-order valence-corrected chi connectivity index (χ3v) is 2.76. The van der Waals surface area contributed by atoms with Crippen LogP contribution in [0.25, 0.3) is 11.3 Å². The molecule has 0 saturated heterocycles. The van der Waals surface area contributed by atoms with Gasteiger partial charge in [0.15, 0.2) is 0 Å². The number of rotatable bonds is 2. The normalized spacial score (nSPS) is 10.9. The average Bonchev–Trinajstić information content (AvgIpc) is 2.58. The first-order valence-corrected chi connectivity index (χ1v) is 5.22. The molecule has 90 valence electrons. The van der Waals surface area contributed by atoms with E-state index in [0.717, 1.165) is 17.7 Å². The molecule has 5 heteroatoms. The molecule has 0 aliphatic rings. The van der Waals surface area contributed by atoms with Crippen LogP contribution in [0, 0.1) is 18.6 Å². The number of hydrogen-bond acceptors (Lipinski definition) is 2. The fraction of sp³-hybridized carbons (Fsp3) is 0.250. The van der Waals surface area contributed by atoms with Crippen LogP contribution in [-0.2, 0) is 13.6 Å². The summed E-state index contributed by atoms with van der Waals surface area (Å²) in [5.41, 5.74) is 7.76. The Morgan fingerprint density at radius 2 is 2.06 bits per heavy atom. The van der Waals surface area contributed by atoms with Gasteiger partial charge in [0.25, 0.3) is 0 Å². The van der Waals surface area contributed by atoms with Crippen LogP contribution in [0.4, 0.5) is 8.78 Å². The van der Waals surface area contributed by atoms with Crippen LogP contribution in [0.2, 0.25) is 0 Å². The Morgan fingerprint density at radius 1 is 1.35 bits per heavy atom. The van der Waals surface area contributed by atoms with Gasteiger partial charge in [-0.05, 0) is 30.7 Å². The molecule has 0 atom stereocenters. The molecule has 1 aromatic carbocycles. The van der Waals surface area contributed by atoms with Gasteiger partial charge in [0.1, 0.15) is 11.6 Å². The van der Waals surface area contributed by atoms with Crippen LogP contribution >= 0.6 is 0 Å². The monoisotopic (exact) mass is 237 g/mol. The van der Waals surface area contributed by atoms with Gasteiger partial charge >= 0.3 is 0 Å². The Morgan fingerprint density at radius 3 is 2.65 bits per heavy atom. The number of benzene rings is 1. The van der Waals surface area contributed by atoms with Gasteiger partial charge in [-0.3, -0.25) is 4.68 Å². The SMILES string of the molecule is Cc1c(CN)nn(C)c1-c1cc(F)ccc1F. The lowest BCUT2D eigenvalue weighted by Gasteiger charge is -2.05. The summed E-state index contributed by atoms with van der Waals surface area (Å²) in [7, 11) is 1.69. The largest absolute Gasteiger partial charge is 0.325 e. The minimum absolute atomic E-state index is 0.206. The van der Waals surface area contributed by atoms with E-state index in [0.29, 0.717) is 11.4 Å². The van der Waals surface area contributed by atoms with Crippen molar-refractivity contribution in [2.75, 3.05) is 0 Å². The van der Waals surface area contributed by atoms with Crippen molar-refractivity contribution >= 4 is 0 Å². The maximum atomic E-state index is 13.7. The first-order valence-electron chi connectivity index (χ1n) is 5.22. The molecular weight excluding hydrogens is 224 g/mol. The fourth-order valence-corrected chi connectivity index (χ4v) is 1.93. The molecule has 2 rings (SSSR count). The number of nitrogens with zero attached hydrogens (tertiary/aromatic N) is 2. The van der Waals surface area contributed by atoms with Gasteiger partial charge in [-0.15, -0.1) is 0 Å². The van der Waals surface area contributed by atoms with Crippen LogP contribution in [0.15, 0.2) is 18.2 Å². The van der Waals surface area contributed by atoms with Crippen molar-refractivity contribution in [1.82, 2.24) is 9.78 Å². The lowest BCUT2D eigenvalue weighted by atomic mass is 10.1. The Bertz CT molecular complexity index is 561. The second kappa shape index (κ2) is 4.25. The summed E-state index contributed by atoms with van der Waals surface area (Å²) in [6.45, 7) is 2.07. The second-order valence-electron chi connectivity index (χ2n) is 3.87. The highest BCUT2D eigenvalue weighted by Gasteiger charge is 2.16. The van der Waals surface area contributed by atoms with Crippen molar-refractivity contribution in [3.8, 4) is 11.3 Å². The lowest BCUT2D eigenvalue weighted by Crippen LogP contribution is -1.99. The number of nitrogens with two attached hydrogens (primary N) is 1. The van der Waals surface area contributed by atoms with E-state index in [1.165, 1.54) is 10.7 Å². The zero-order valence-corrected chi connectivity index (χ0v) is 9.67. The van der Waals surface area contributed by atoms with Gasteiger partial charge in [0.05, 0.1) is 11.4 Å². The highest BCUT2D eigenvalue weighted by atomic mass is 19.1. The summed E-state index contributed by atoms with van der Waals surface area (Å²) in [6, 6.07) is 3.37. The molecule has 3 nitrogen and oxygen atoms in total.